The molecular weight excluding hydrogens is 294 g/mol. The second kappa shape index (κ2) is 6.43. The van der Waals surface area contributed by atoms with E-state index in [-0.39, 0.29) is 11.8 Å². The topological polar surface area (TPSA) is 76.4 Å². The first-order valence-corrected chi connectivity index (χ1v) is 7.22. The highest BCUT2D eigenvalue weighted by molar-refractivity contribution is 6.34. The molecule has 1 aromatic heterocycles. The highest BCUT2D eigenvalue weighted by atomic mass is 35.5. The Morgan fingerprint density at radius 2 is 2.43 bits per heavy atom. The third-order valence-corrected chi connectivity index (χ3v) is 3.76. The van der Waals surface area contributed by atoms with E-state index in [9.17, 15) is 4.79 Å². The molecule has 2 heterocycles. The molecule has 0 saturated carbocycles. The number of nitrogens with zero attached hydrogens (tertiary/aromatic N) is 1. The summed E-state index contributed by atoms with van der Waals surface area (Å²) >= 11 is 6.03. The molecule has 2 aromatic rings. The average Bonchev–Trinajstić information content (AvgIpc) is 2.72. The minimum Gasteiger partial charge on any atom is -0.379 e. The van der Waals surface area contributed by atoms with Crippen LogP contribution in [0.3, 0.4) is 0 Å². The Kier molecular flexibility index (Phi) is 4.38. The van der Waals surface area contributed by atoms with Crippen LogP contribution in [0.15, 0.2) is 22.7 Å². The fourth-order valence-electron chi connectivity index (χ4n) is 2.29. The maximum Gasteiger partial charge on any atom is 0.227 e. The SMILES string of the molecule is O=C(NCc1noc2c(Cl)cccc12)C1CNCCOC1. The zero-order valence-electron chi connectivity index (χ0n) is 11.4. The van der Waals surface area contributed by atoms with Crippen molar-refractivity contribution in [1.82, 2.24) is 15.8 Å². The monoisotopic (exact) mass is 309 g/mol. The second-order valence-electron chi connectivity index (χ2n) is 4.94. The van der Waals surface area contributed by atoms with Gasteiger partial charge in [0.2, 0.25) is 5.91 Å². The summed E-state index contributed by atoms with van der Waals surface area (Å²) in [5, 5.41) is 11.3. The Balaban J connectivity index is 1.66. The summed E-state index contributed by atoms with van der Waals surface area (Å²) in [5.74, 6) is -0.239. The molecule has 0 radical (unpaired) electrons. The molecule has 112 valence electrons. The van der Waals surface area contributed by atoms with Gasteiger partial charge in [-0.3, -0.25) is 4.79 Å². The van der Waals surface area contributed by atoms with E-state index in [2.05, 4.69) is 15.8 Å². The molecule has 7 heteroatoms. The first kappa shape index (κ1) is 14.3. The van der Waals surface area contributed by atoms with Gasteiger partial charge in [-0.1, -0.05) is 22.8 Å². The first-order valence-electron chi connectivity index (χ1n) is 6.84. The van der Waals surface area contributed by atoms with Gasteiger partial charge in [-0.15, -0.1) is 0 Å². The summed E-state index contributed by atoms with van der Waals surface area (Å²) < 4.78 is 10.6. The minimum atomic E-state index is -0.186. The molecule has 1 amide bonds. The quantitative estimate of drug-likeness (QED) is 0.894. The van der Waals surface area contributed by atoms with Crippen LogP contribution >= 0.6 is 11.6 Å². The fraction of sp³-hybridized carbons (Fsp3) is 0.429. The summed E-state index contributed by atoms with van der Waals surface area (Å²) in [4.78, 5) is 12.1. The number of fused-ring (bicyclic) bond motifs is 1. The number of carbonyl (C=O) groups excluding carboxylic acids is 1. The van der Waals surface area contributed by atoms with E-state index >= 15 is 0 Å². The van der Waals surface area contributed by atoms with Gasteiger partial charge in [-0.05, 0) is 12.1 Å². The lowest BCUT2D eigenvalue weighted by atomic mass is 10.1. The number of aromatic nitrogens is 1. The van der Waals surface area contributed by atoms with Crippen LogP contribution in [0.5, 0.6) is 0 Å². The van der Waals surface area contributed by atoms with Gasteiger partial charge in [0.1, 0.15) is 5.69 Å². The van der Waals surface area contributed by atoms with E-state index in [0.717, 1.165) is 11.9 Å². The maximum absolute atomic E-state index is 12.1. The number of hydrogen-bond donors (Lipinski definition) is 2. The van der Waals surface area contributed by atoms with Crippen LogP contribution in [0.4, 0.5) is 0 Å². The van der Waals surface area contributed by atoms with Gasteiger partial charge in [0.05, 0.1) is 30.7 Å². The van der Waals surface area contributed by atoms with Crippen LogP contribution in [0.25, 0.3) is 11.0 Å². The van der Waals surface area contributed by atoms with Crippen LogP contribution in [-0.4, -0.2) is 37.4 Å². The molecule has 0 bridgehead atoms. The predicted molar refractivity (Wildman–Crippen MR) is 78.0 cm³/mol. The van der Waals surface area contributed by atoms with Crippen molar-refractivity contribution in [3.05, 3.63) is 28.9 Å². The zero-order valence-corrected chi connectivity index (χ0v) is 12.2. The molecule has 1 saturated heterocycles. The van der Waals surface area contributed by atoms with E-state index in [4.69, 9.17) is 20.9 Å². The highest BCUT2D eigenvalue weighted by Crippen LogP contribution is 2.25. The van der Waals surface area contributed by atoms with Gasteiger partial charge in [-0.2, -0.15) is 0 Å². The first-order chi connectivity index (χ1) is 10.3. The van der Waals surface area contributed by atoms with Gasteiger partial charge in [-0.25, -0.2) is 0 Å². The predicted octanol–water partition coefficient (Wildman–Crippen LogP) is 1.33. The van der Waals surface area contributed by atoms with Crippen molar-refractivity contribution in [2.75, 3.05) is 26.3 Å². The molecule has 1 aromatic carbocycles. The van der Waals surface area contributed by atoms with Crippen LogP contribution < -0.4 is 10.6 Å². The summed E-state index contributed by atoms with van der Waals surface area (Å²) in [6.45, 7) is 2.77. The van der Waals surface area contributed by atoms with E-state index < -0.39 is 0 Å². The van der Waals surface area contributed by atoms with Crippen molar-refractivity contribution in [2.45, 2.75) is 6.54 Å². The van der Waals surface area contributed by atoms with Crippen molar-refractivity contribution in [1.29, 1.82) is 0 Å². The Labute approximate surface area is 126 Å². The van der Waals surface area contributed by atoms with Crippen LogP contribution in [0.1, 0.15) is 5.69 Å². The molecule has 0 spiro atoms. The normalized spacial score (nSPS) is 19.4. The van der Waals surface area contributed by atoms with E-state index in [1.165, 1.54) is 0 Å². The molecule has 1 aliphatic heterocycles. The number of ether oxygens (including phenoxy) is 1. The number of rotatable bonds is 3. The summed E-state index contributed by atoms with van der Waals surface area (Å²) in [6.07, 6.45) is 0. The number of amides is 1. The van der Waals surface area contributed by atoms with Crippen molar-refractivity contribution < 1.29 is 14.1 Å². The number of carbonyl (C=O) groups is 1. The van der Waals surface area contributed by atoms with Crippen LogP contribution in [0, 0.1) is 5.92 Å². The van der Waals surface area contributed by atoms with Crippen molar-refractivity contribution in [3.8, 4) is 0 Å². The van der Waals surface area contributed by atoms with Gasteiger partial charge in [0, 0.05) is 18.5 Å². The second-order valence-corrected chi connectivity index (χ2v) is 5.35. The number of nitrogens with one attached hydrogen (secondary N) is 2. The molecule has 1 atom stereocenters. The molecule has 2 N–H and O–H groups in total. The number of para-hydroxylation sites is 1. The Morgan fingerprint density at radius 3 is 3.33 bits per heavy atom. The zero-order chi connectivity index (χ0) is 14.7. The van der Waals surface area contributed by atoms with Gasteiger partial charge < -0.3 is 19.9 Å². The number of hydrogen-bond acceptors (Lipinski definition) is 5. The van der Waals surface area contributed by atoms with Gasteiger partial charge in [0.15, 0.2) is 5.58 Å². The lowest BCUT2D eigenvalue weighted by molar-refractivity contribution is -0.126. The summed E-state index contributed by atoms with van der Waals surface area (Å²) in [7, 11) is 0. The van der Waals surface area contributed by atoms with E-state index in [1.807, 2.05) is 12.1 Å². The molecule has 1 unspecified atom stereocenters. The molecule has 21 heavy (non-hydrogen) atoms. The lowest BCUT2D eigenvalue weighted by Gasteiger charge is -2.13. The molecule has 1 fully saturated rings. The van der Waals surface area contributed by atoms with E-state index in [0.29, 0.717) is 42.6 Å². The lowest BCUT2D eigenvalue weighted by Crippen LogP contribution is -2.37. The van der Waals surface area contributed by atoms with Gasteiger partial charge >= 0.3 is 0 Å². The van der Waals surface area contributed by atoms with E-state index in [1.54, 1.807) is 6.07 Å². The summed E-state index contributed by atoms with van der Waals surface area (Å²) in [6, 6.07) is 5.44. The molecule has 6 nitrogen and oxygen atoms in total. The van der Waals surface area contributed by atoms with Crippen LogP contribution in [-0.2, 0) is 16.1 Å². The minimum absolute atomic E-state index is 0.0532. The third kappa shape index (κ3) is 3.18. The fourth-order valence-corrected chi connectivity index (χ4v) is 2.50. The smallest absolute Gasteiger partial charge is 0.227 e. The molecule has 3 rings (SSSR count). The van der Waals surface area contributed by atoms with Crippen LogP contribution in [0.2, 0.25) is 5.02 Å². The Morgan fingerprint density at radius 1 is 1.52 bits per heavy atom. The highest BCUT2D eigenvalue weighted by Gasteiger charge is 2.21. The average molecular weight is 310 g/mol. The molecule has 1 aliphatic rings. The van der Waals surface area contributed by atoms with Crippen molar-refractivity contribution in [3.63, 3.8) is 0 Å². The van der Waals surface area contributed by atoms with Crippen molar-refractivity contribution >= 4 is 28.5 Å². The standard InChI is InChI=1S/C14H16ClN3O3/c15-11-3-1-2-10-12(18-21-13(10)11)7-17-14(19)9-6-16-4-5-20-8-9/h1-3,9,16H,4-8H2,(H,17,19). The largest absolute Gasteiger partial charge is 0.379 e. The third-order valence-electron chi connectivity index (χ3n) is 3.46. The van der Waals surface area contributed by atoms with Crippen molar-refractivity contribution in [2.24, 2.45) is 5.92 Å². The number of halogens is 1. The maximum atomic E-state index is 12.1. The van der Waals surface area contributed by atoms with Gasteiger partial charge in [0.25, 0.3) is 0 Å². The Hall–Kier alpha value is -1.63. The Bertz CT molecular complexity index is 635. The summed E-state index contributed by atoms with van der Waals surface area (Å²) in [5.41, 5.74) is 1.21. The number of benzene rings is 1. The molecular formula is C14H16ClN3O3. The molecule has 0 aliphatic carbocycles.